The maximum atomic E-state index is 7.27. The number of methoxy groups -OCH3 is 1. The van der Waals surface area contributed by atoms with Gasteiger partial charge in [0.15, 0.2) is 5.90 Å². The fourth-order valence-electron chi connectivity index (χ4n) is 0.769. The van der Waals surface area contributed by atoms with Gasteiger partial charge in [0.2, 0.25) is 0 Å². The Kier molecular flexibility index (Phi) is 3.22. The summed E-state index contributed by atoms with van der Waals surface area (Å²) < 4.78 is 5.53. The van der Waals surface area contributed by atoms with Crippen LogP contribution in [0.3, 0.4) is 0 Å². The molecule has 0 bridgehead atoms. The van der Waals surface area contributed by atoms with Crippen molar-refractivity contribution in [1.29, 1.82) is 5.41 Å². The van der Waals surface area contributed by atoms with Gasteiger partial charge in [-0.25, -0.2) is 4.98 Å². The first-order valence-corrected chi connectivity index (χ1v) is 4.23. The van der Waals surface area contributed by atoms with Crippen molar-refractivity contribution in [1.82, 2.24) is 4.98 Å². The molecule has 1 heterocycles. The van der Waals surface area contributed by atoms with Gasteiger partial charge in [-0.1, -0.05) is 6.07 Å². The number of rotatable bonds is 2. The summed E-state index contributed by atoms with van der Waals surface area (Å²) in [6.07, 6.45) is 2.22. The number of hydrogen-bond acceptors (Lipinski definition) is 3. The highest BCUT2D eigenvalue weighted by molar-refractivity contribution is 9.10. The predicted molar refractivity (Wildman–Crippen MR) is 50.4 cm³/mol. The highest BCUT2D eigenvalue weighted by Gasteiger charge is 1.98. The lowest BCUT2D eigenvalue weighted by Crippen LogP contribution is -2.03. The molecule has 0 aliphatic rings. The molecule has 64 valence electrons. The maximum absolute atomic E-state index is 7.27. The monoisotopic (exact) mass is 228 g/mol. The molecule has 1 N–H and O–H groups in total. The van der Waals surface area contributed by atoms with E-state index in [2.05, 4.69) is 20.9 Å². The molecular weight excluding hydrogens is 220 g/mol. The third-order valence-corrected chi connectivity index (χ3v) is 1.87. The van der Waals surface area contributed by atoms with Gasteiger partial charge in [-0.05, 0) is 27.6 Å². The van der Waals surface area contributed by atoms with Gasteiger partial charge in [-0.2, -0.15) is 0 Å². The predicted octanol–water partition coefficient (Wildman–Crippen LogP) is 2.01. The van der Waals surface area contributed by atoms with Gasteiger partial charge >= 0.3 is 0 Å². The summed E-state index contributed by atoms with van der Waals surface area (Å²) in [7, 11) is 1.49. The van der Waals surface area contributed by atoms with Crippen molar-refractivity contribution in [2.24, 2.45) is 0 Å². The summed E-state index contributed by atoms with van der Waals surface area (Å²) in [6.45, 7) is 0. The van der Waals surface area contributed by atoms with Crippen LogP contribution in [0.5, 0.6) is 0 Å². The SMILES string of the molecule is COC(=N)Cc1ccc(Br)nc1. The van der Waals surface area contributed by atoms with Crippen LogP contribution in [0.25, 0.3) is 0 Å². The molecule has 1 rings (SSSR count). The van der Waals surface area contributed by atoms with Crippen molar-refractivity contribution in [3.8, 4) is 0 Å². The van der Waals surface area contributed by atoms with Crippen LogP contribution in [0.15, 0.2) is 22.9 Å². The Hall–Kier alpha value is -0.900. The molecule has 0 atom stereocenters. The van der Waals surface area contributed by atoms with Gasteiger partial charge in [0.05, 0.1) is 7.11 Å². The van der Waals surface area contributed by atoms with E-state index in [-0.39, 0.29) is 5.90 Å². The molecule has 0 amide bonds. The molecule has 0 fully saturated rings. The van der Waals surface area contributed by atoms with E-state index in [0.717, 1.165) is 10.2 Å². The number of nitrogens with one attached hydrogen (secondary N) is 1. The molecule has 0 radical (unpaired) electrons. The van der Waals surface area contributed by atoms with Crippen LogP contribution in [0.2, 0.25) is 0 Å². The van der Waals surface area contributed by atoms with Crippen LogP contribution >= 0.6 is 15.9 Å². The molecule has 0 aliphatic carbocycles. The molecule has 0 spiro atoms. The molecule has 4 heteroatoms. The van der Waals surface area contributed by atoms with E-state index in [1.165, 1.54) is 7.11 Å². The highest BCUT2D eigenvalue weighted by Crippen LogP contribution is 2.06. The van der Waals surface area contributed by atoms with Crippen LogP contribution in [-0.4, -0.2) is 18.0 Å². The van der Waals surface area contributed by atoms with Crippen molar-refractivity contribution in [3.63, 3.8) is 0 Å². The minimum atomic E-state index is 0.249. The van der Waals surface area contributed by atoms with Gasteiger partial charge in [-0.15, -0.1) is 0 Å². The lowest BCUT2D eigenvalue weighted by atomic mass is 10.2. The summed E-state index contributed by atoms with van der Waals surface area (Å²) in [5, 5.41) is 7.27. The number of halogens is 1. The molecule has 12 heavy (non-hydrogen) atoms. The molecule has 0 aliphatic heterocycles. The van der Waals surface area contributed by atoms with E-state index >= 15 is 0 Å². The smallest absolute Gasteiger partial charge is 0.184 e. The summed E-state index contributed by atoms with van der Waals surface area (Å²) in [5.41, 5.74) is 0.977. The van der Waals surface area contributed by atoms with Crippen LogP contribution in [0.4, 0.5) is 0 Å². The molecule has 1 aromatic heterocycles. The summed E-state index contributed by atoms with van der Waals surface area (Å²) in [5.74, 6) is 0.249. The Balaban J connectivity index is 2.64. The number of pyridine rings is 1. The molecule has 3 nitrogen and oxygen atoms in total. The second kappa shape index (κ2) is 4.21. The Morgan fingerprint density at radius 3 is 2.92 bits per heavy atom. The summed E-state index contributed by atoms with van der Waals surface area (Å²) in [6, 6.07) is 3.75. The average molecular weight is 229 g/mol. The zero-order chi connectivity index (χ0) is 8.97. The van der Waals surface area contributed by atoms with Gasteiger partial charge in [-0.3, -0.25) is 5.41 Å². The van der Waals surface area contributed by atoms with Crippen molar-refractivity contribution >= 4 is 21.8 Å². The summed E-state index contributed by atoms with van der Waals surface area (Å²) in [4.78, 5) is 4.03. The molecular formula is C8H9BrN2O. The molecule has 0 saturated carbocycles. The Bertz CT molecular complexity index is 271. The topological polar surface area (TPSA) is 46.0 Å². The van der Waals surface area contributed by atoms with E-state index in [4.69, 9.17) is 10.1 Å². The lowest BCUT2D eigenvalue weighted by molar-refractivity contribution is 0.390. The fraction of sp³-hybridized carbons (Fsp3) is 0.250. The van der Waals surface area contributed by atoms with E-state index in [1.807, 2.05) is 12.1 Å². The van der Waals surface area contributed by atoms with Gasteiger partial charge in [0, 0.05) is 12.6 Å². The third kappa shape index (κ3) is 2.62. The van der Waals surface area contributed by atoms with E-state index in [1.54, 1.807) is 6.20 Å². The first-order chi connectivity index (χ1) is 5.72. The largest absolute Gasteiger partial charge is 0.484 e. The van der Waals surface area contributed by atoms with Crippen molar-refractivity contribution in [3.05, 3.63) is 28.5 Å². The standard InChI is InChI=1S/C8H9BrN2O/c1-12-8(10)4-6-2-3-7(9)11-5-6/h2-3,5,10H,4H2,1H3. The van der Waals surface area contributed by atoms with Gasteiger partial charge in [0.25, 0.3) is 0 Å². The molecule has 0 saturated heterocycles. The maximum Gasteiger partial charge on any atom is 0.184 e. The second-order valence-electron chi connectivity index (χ2n) is 2.29. The molecule has 0 unspecified atom stereocenters. The van der Waals surface area contributed by atoms with E-state index in [0.29, 0.717) is 6.42 Å². The minimum Gasteiger partial charge on any atom is -0.484 e. The Morgan fingerprint density at radius 2 is 2.42 bits per heavy atom. The van der Waals surface area contributed by atoms with Crippen molar-refractivity contribution in [2.75, 3.05) is 7.11 Å². The first kappa shape index (κ1) is 9.19. The van der Waals surface area contributed by atoms with Gasteiger partial charge in [0.1, 0.15) is 4.60 Å². The normalized spacial score (nSPS) is 9.50. The first-order valence-electron chi connectivity index (χ1n) is 3.44. The fourth-order valence-corrected chi connectivity index (χ4v) is 1.00. The van der Waals surface area contributed by atoms with Crippen molar-refractivity contribution in [2.45, 2.75) is 6.42 Å². The number of aromatic nitrogens is 1. The Morgan fingerprint density at radius 1 is 1.67 bits per heavy atom. The van der Waals surface area contributed by atoms with E-state index in [9.17, 15) is 0 Å². The van der Waals surface area contributed by atoms with E-state index < -0.39 is 0 Å². The zero-order valence-electron chi connectivity index (χ0n) is 6.67. The lowest BCUT2D eigenvalue weighted by Gasteiger charge is -2.01. The van der Waals surface area contributed by atoms with Crippen LogP contribution in [-0.2, 0) is 11.2 Å². The van der Waals surface area contributed by atoms with Crippen molar-refractivity contribution < 1.29 is 4.74 Å². The molecule has 1 aromatic rings. The van der Waals surface area contributed by atoms with Crippen LogP contribution < -0.4 is 0 Å². The van der Waals surface area contributed by atoms with Crippen LogP contribution in [0.1, 0.15) is 5.56 Å². The molecule has 0 aromatic carbocycles. The zero-order valence-corrected chi connectivity index (χ0v) is 8.26. The number of ether oxygens (including phenoxy) is 1. The number of nitrogens with zero attached hydrogens (tertiary/aromatic N) is 1. The quantitative estimate of drug-likeness (QED) is 0.479. The summed E-state index contributed by atoms with van der Waals surface area (Å²) >= 11 is 3.23. The average Bonchev–Trinajstić information content (AvgIpc) is 2.09. The van der Waals surface area contributed by atoms with Gasteiger partial charge < -0.3 is 4.74 Å². The van der Waals surface area contributed by atoms with Crippen LogP contribution in [0, 0.1) is 5.41 Å². The second-order valence-corrected chi connectivity index (χ2v) is 3.11. The highest BCUT2D eigenvalue weighted by atomic mass is 79.9. The minimum absolute atomic E-state index is 0.249. The number of hydrogen-bond donors (Lipinski definition) is 1. The third-order valence-electron chi connectivity index (χ3n) is 1.40. The Labute approximate surface area is 79.4 Å².